The highest BCUT2D eigenvalue weighted by Crippen LogP contribution is 2.31. The number of carbonyl (C=O) groups excluding carboxylic acids is 1. The smallest absolute Gasteiger partial charge is 0.281 e. The van der Waals surface area contributed by atoms with Crippen LogP contribution in [0, 0.1) is 21.4 Å². The van der Waals surface area contributed by atoms with E-state index < -0.39 is 32.6 Å². The maximum Gasteiger partial charge on any atom is 0.281 e. The molecule has 0 aliphatic rings. The summed E-state index contributed by atoms with van der Waals surface area (Å²) in [4.78, 5) is 20.8. The van der Waals surface area contributed by atoms with Crippen LogP contribution in [0.4, 0.5) is 5.69 Å². The van der Waals surface area contributed by atoms with E-state index in [9.17, 15) is 20.0 Å². The van der Waals surface area contributed by atoms with Gasteiger partial charge in [-0.1, -0.05) is 11.6 Å². The fourth-order valence-electron chi connectivity index (χ4n) is 1.50. The summed E-state index contributed by atoms with van der Waals surface area (Å²) in [7, 11) is 0. The molecule has 1 aromatic rings. The predicted molar refractivity (Wildman–Crippen MR) is 78.2 cm³/mol. The van der Waals surface area contributed by atoms with Crippen LogP contribution in [0.15, 0.2) is 23.8 Å². The van der Waals surface area contributed by atoms with Crippen LogP contribution in [0.5, 0.6) is 0 Å². The molecule has 110 valence electrons. The molecule has 0 aliphatic heterocycles. The number of aliphatic hydroxyl groups excluding tert-OH is 1. The molecule has 0 saturated heterocycles. The van der Waals surface area contributed by atoms with Crippen LogP contribution in [0.1, 0.15) is 19.4 Å². The molecule has 1 aromatic carbocycles. The molecule has 0 amide bonds. The van der Waals surface area contributed by atoms with Crippen LogP contribution in [0.2, 0.25) is 5.02 Å². The van der Waals surface area contributed by atoms with E-state index in [4.69, 9.17) is 28.5 Å². The van der Waals surface area contributed by atoms with Crippen molar-refractivity contribution in [1.82, 2.24) is 0 Å². The number of halogens is 2. The highest BCUT2D eigenvalue weighted by molar-refractivity contribution is 6.38. The summed E-state index contributed by atoms with van der Waals surface area (Å²) in [6.45, 7) is 2.69. The predicted octanol–water partition coefficient (Wildman–Crippen LogP) is 3.63. The van der Waals surface area contributed by atoms with Gasteiger partial charge in [0.1, 0.15) is 16.5 Å². The van der Waals surface area contributed by atoms with E-state index in [0.717, 1.165) is 12.1 Å². The number of allylic oxidation sites excluding steroid dienone is 1. The SMILES string of the molecule is CC(C)(Cl)C(=O)/C(C#N)=C(\O)c1ccc(Cl)cc1[N+](=O)[O-]. The van der Waals surface area contributed by atoms with E-state index in [2.05, 4.69) is 0 Å². The molecule has 1 N–H and O–H groups in total. The number of nitro benzene ring substituents is 1. The second-order valence-corrected chi connectivity index (χ2v) is 5.94. The van der Waals surface area contributed by atoms with Gasteiger partial charge in [-0.3, -0.25) is 14.9 Å². The van der Waals surface area contributed by atoms with E-state index in [1.807, 2.05) is 0 Å². The first-order valence-corrected chi connectivity index (χ1v) is 6.36. The molecule has 0 radical (unpaired) electrons. The normalized spacial score (nSPS) is 12.3. The van der Waals surface area contributed by atoms with Crippen molar-refractivity contribution in [2.24, 2.45) is 0 Å². The molecule has 8 heteroatoms. The second kappa shape index (κ2) is 6.12. The molecule has 1 rings (SSSR count). The van der Waals surface area contributed by atoms with Gasteiger partial charge in [-0.25, -0.2) is 0 Å². The summed E-state index contributed by atoms with van der Waals surface area (Å²) in [6, 6.07) is 4.99. The number of rotatable bonds is 4. The van der Waals surface area contributed by atoms with Crippen molar-refractivity contribution in [3.63, 3.8) is 0 Å². The standard InChI is InChI=1S/C13H10Cl2N2O4/c1-13(2,15)12(19)9(6-16)11(18)8-4-3-7(14)5-10(8)17(20)21/h3-5,18H,1-2H3/b11-9-. The Morgan fingerprint density at radius 2 is 2.05 bits per heavy atom. The summed E-state index contributed by atoms with van der Waals surface area (Å²) in [5.74, 6) is -1.65. The molecule has 0 aliphatic carbocycles. The van der Waals surface area contributed by atoms with Gasteiger partial charge < -0.3 is 5.11 Å². The third-order valence-electron chi connectivity index (χ3n) is 2.53. The minimum absolute atomic E-state index is 0.0840. The second-order valence-electron chi connectivity index (χ2n) is 4.56. The fourth-order valence-corrected chi connectivity index (χ4v) is 1.76. The lowest BCUT2D eigenvalue weighted by Gasteiger charge is -2.14. The fraction of sp³-hybridized carbons (Fsp3) is 0.231. The van der Waals surface area contributed by atoms with Crippen LogP contribution in [-0.4, -0.2) is 20.7 Å². The van der Waals surface area contributed by atoms with Gasteiger partial charge in [0.05, 0.1) is 10.5 Å². The van der Waals surface area contributed by atoms with E-state index in [1.165, 1.54) is 26.0 Å². The molecule has 0 aromatic heterocycles. The molecule has 0 unspecified atom stereocenters. The first-order chi connectivity index (χ1) is 9.59. The summed E-state index contributed by atoms with van der Waals surface area (Å²) in [5.41, 5.74) is -1.46. The van der Waals surface area contributed by atoms with Crippen molar-refractivity contribution in [3.05, 3.63) is 44.5 Å². The summed E-state index contributed by atoms with van der Waals surface area (Å²) < 4.78 is 0. The Morgan fingerprint density at radius 3 is 2.48 bits per heavy atom. The lowest BCUT2D eigenvalue weighted by atomic mass is 9.97. The van der Waals surface area contributed by atoms with Crippen LogP contribution < -0.4 is 0 Å². The van der Waals surface area contributed by atoms with Crippen molar-refractivity contribution >= 4 is 40.4 Å². The van der Waals surface area contributed by atoms with Crippen molar-refractivity contribution < 1.29 is 14.8 Å². The van der Waals surface area contributed by atoms with Gasteiger partial charge in [-0.15, -0.1) is 11.6 Å². The van der Waals surface area contributed by atoms with Gasteiger partial charge in [0.15, 0.2) is 11.5 Å². The number of nitro groups is 1. The number of hydrogen-bond donors (Lipinski definition) is 1. The zero-order valence-corrected chi connectivity index (χ0v) is 12.6. The molecule has 0 heterocycles. The Bertz CT molecular complexity index is 684. The van der Waals surface area contributed by atoms with Crippen molar-refractivity contribution in [2.75, 3.05) is 0 Å². The number of benzene rings is 1. The maximum absolute atomic E-state index is 12.0. The minimum atomic E-state index is -1.43. The van der Waals surface area contributed by atoms with E-state index >= 15 is 0 Å². The Kier molecular flexibility index (Phi) is 4.94. The molecule has 0 saturated carbocycles. The van der Waals surface area contributed by atoms with E-state index in [0.29, 0.717) is 0 Å². The number of Topliss-reactive ketones (excluding diaryl/α,β-unsaturated/α-hetero) is 1. The Morgan fingerprint density at radius 1 is 1.48 bits per heavy atom. The van der Waals surface area contributed by atoms with Crippen molar-refractivity contribution in [3.8, 4) is 6.07 Å². The molecule has 0 bridgehead atoms. The third kappa shape index (κ3) is 3.72. The molecular formula is C13H10Cl2N2O4. The molecule has 0 fully saturated rings. The Balaban J connectivity index is 3.58. The van der Waals surface area contributed by atoms with Crippen LogP contribution in [0.25, 0.3) is 5.76 Å². The number of nitriles is 1. The van der Waals surface area contributed by atoms with Crippen LogP contribution in [0.3, 0.4) is 0 Å². The summed E-state index contributed by atoms with van der Waals surface area (Å²) in [5, 5.41) is 30.2. The van der Waals surface area contributed by atoms with Gasteiger partial charge in [0.2, 0.25) is 0 Å². The number of carbonyl (C=O) groups is 1. The molecule has 6 nitrogen and oxygen atoms in total. The molecular weight excluding hydrogens is 319 g/mol. The van der Waals surface area contributed by atoms with Gasteiger partial charge in [0.25, 0.3) is 5.69 Å². The topological polar surface area (TPSA) is 104 Å². The first-order valence-electron chi connectivity index (χ1n) is 5.61. The lowest BCUT2D eigenvalue weighted by Crippen LogP contribution is -2.26. The highest BCUT2D eigenvalue weighted by Gasteiger charge is 2.32. The maximum atomic E-state index is 12.0. The number of nitrogens with zero attached hydrogens (tertiary/aromatic N) is 2. The first kappa shape index (κ1) is 17.0. The number of ketones is 1. The minimum Gasteiger partial charge on any atom is -0.506 e. The average Bonchev–Trinajstić information content (AvgIpc) is 2.37. The largest absolute Gasteiger partial charge is 0.506 e. The van der Waals surface area contributed by atoms with Crippen molar-refractivity contribution in [1.29, 1.82) is 5.26 Å². The third-order valence-corrected chi connectivity index (χ3v) is 2.93. The number of alkyl halides is 1. The quantitative estimate of drug-likeness (QED) is 0.227. The molecule has 0 spiro atoms. The Hall–Kier alpha value is -2.10. The Labute approximate surface area is 130 Å². The molecule has 21 heavy (non-hydrogen) atoms. The molecule has 0 atom stereocenters. The monoisotopic (exact) mass is 328 g/mol. The summed E-state index contributed by atoms with van der Waals surface area (Å²) in [6.07, 6.45) is 0. The lowest BCUT2D eigenvalue weighted by molar-refractivity contribution is -0.385. The number of aliphatic hydroxyl groups is 1. The average molecular weight is 329 g/mol. The highest BCUT2D eigenvalue weighted by atomic mass is 35.5. The van der Waals surface area contributed by atoms with Gasteiger partial charge in [0, 0.05) is 11.1 Å². The zero-order valence-electron chi connectivity index (χ0n) is 11.1. The summed E-state index contributed by atoms with van der Waals surface area (Å²) >= 11 is 11.5. The van der Waals surface area contributed by atoms with Gasteiger partial charge >= 0.3 is 0 Å². The number of hydrogen-bond acceptors (Lipinski definition) is 5. The zero-order chi connectivity index (χ0) is 16.4. The van der Waals surface area contributed by atoms with E-state index in [-0.39, 0.29) is 10.6 Å². The van der Waals surface area contributed by atoms with Gasteiger partial charge in [-0.05, 0) is 26.0 Å². The van der Waals surface area contributed by atoms with E-state index in [1.54, 1.807) is 0 Å². The van der Waals surface area contributed by atoms with Crippen LogP contribution >= 0.6 is 23.2 Å². The van der Waals surface area contributed by atoms with Gasteiger partial charge in [-0.2, -0.15) is 5.26 Å². The van der Waals surface area contributed by atoms with Crippen LogP contribution in [-0.2, 0) is 4.79 Å². The van der Waals surface area contributed by atoms with Crippen molar-refractivity contribution in [2.45, 2.75) is 18.7 Å².